The van der Waals surface area contributed by atoms with Crippen LogP contribution in [0, 0.1) is 6.92 Å². The van der Waals surface area contributed by atoms with E-state index in [0.29, 0.717) is 17.0 Å². The fourth-order valence-corrected chi connectivity index (χ4v) is 2.27. The Labute approximate surface area is 128 Å². The fourth-order valence-electron chi connectivity index (χ4n) is 2.27. The van der Waals surface area contributed by atoms with Gasteiger partial charge in [-0.3, -0.25) is 9.59 Å². The number of ketones is 1. The molecular weight excluding hydrogens is 278 g/mol. The van der Waals surface area contributed by atoms with Crippen LogP contribution in [0.5, 0.6) is 5.75 Å². The summed E-state index contributed by atoms with van der Waals surface area (Å²) in [7, 11) is 0. The molecule has 0 bridgehead atoms. The molecule has 0 saturated carbocycles. The number of carbonyl (C=O) groups excluding carboxylic acids is 2. The molecule has 4 heteroatoms. The van der Waals surface area contributed by atoms with Gasteiger partial charge >= 0.3 is 0 Å². The minimum absolute atomic E-state index is 0.00742. The summed E-state index contributed by atoms with van der Waals surface area (Å²) in [6.45, 7) is 2.00. The zero-order valence-electron chi connectivity index (χ0n) is 12.1. The maximum Gasteiger partial charge on any atom is 0.262 e. The lowest BCUT2D eigenvalue weighted by Crippen LogP contribution is -2.25. The lowest BCUT2D eigenvalue weighted by Gasteiger charge is -2.17. The van der Waals surface area contributed by atoms with E-state index in [2.05, 4.69) is 5.32 Å². The first-order chi connectivity index (χ1) is 10.6. The van der Waals surface area contributed by atoms with Crippen molar-refractivity contribution in [2.75, 3.05) is 11.9 Å². The fraction of sp³-hybridized carbons (Fsp3) is 0.111. The molecule has 2 aromatic carbocycles. The predicted octanol–water partition coefficient (Wildman–Crippen LogP) is 3.22. The minimum atomic E-state index is -0.215. The van der Waals surface area contributed by atoms with Crippen molar-refractivity contribution in [2.24, 2.45) is 0 Å². The molecule has 1 aliphatic heterocycles. The van der Waals surface area contributed by atoms with Gasteiger partial charge in [0.05, 0.1) is 5.69 Å². The number of amides is 1. The number of nitrogens with one attached hydrogen (secondary N) is 1. The second-order valence-electron chi connectivity index (χ2n) is 5.10. The van der Waals surface area contributed by atoms with Crippen molar-refractivity contribution >= 4 is 23.5 Å². The van der Waals surface area contributed by atoms with Gasteiger partial charge in [-0.1, -0.05) is 30.3 Å². The van der Waals surface area contributed by atoms with Crippen LogP contribution in [0.2, 0.25) is 0 Å². The molecule has 0 radical (unpaired) electrons. The van der Waals surface area contributed by atoms with Gasteiger partial charge in [-0.15, -0.1) is 0 Å². The maximum absolute atomic E-state index is 12.3. The molecule has 1 heterocycles. The lowest BCUT2D eigenvalue weighted by atomic mass is 10.1. The summed E-state index contributed by atoms with van der Waals surface area (Å²) in [5.74, 6) is 0.248. The number of aryl methyl sites for hydroxylation is 1. The molecule has 110 valence electrons. The Hall–Kier alpha value is -2.88. The summed E-state index contributed by atoms with van der Waals surface area (Å²) < 4.78 is 5.27. The van der Waals surface area contributed by atoms with E-state index in [0.717, 1.165) is 11.1 Å². The molecule has 2 aromatic rings. The number of hydrogen-bond donors (Lipinski definition) is 1. The molecule has 1 N–H and O–H groups in total. The highest BCUT2D eigenvalue weighted by Gasteiger charge is 2.17. The predicted molar refractivity (Wildman–Crippen MR) is 85.1 cm³/mol. The molecule has 0 aromatic heterocycles. The van der Waals surface area contributed by atoms with Crippen LogP contribution in [0.25, 0.3) is 6.08 Å². The lowest BCUT2D eigenvalue weighted by molar-refractivity contribution is -0.118. The summed E-state index contributed by atoms with van der Waals surface area (Å²) in [5, 5.41) is 2.70. The molecule has 0 atom stereocenters. The first kappa shape index (κ1) is 14.1. The zero-order chi connectivity index (χ0) is 15.5. The van der Waals surface area contributed by atoms with Crippen LogP contribution in [0.4, 0.5) is 5.69 Å². The molecule has 4 nitrogen and oxygen atoms in total. The first-order valence-electron chi connectivity index (χ1n) is 6.98. The topological polar surface area (TPSA) is 55.4 Å². The molecule has 3 rings (SSSR count). The Kier molecular flexibility index (Phi) is 3.74. The Bertz CT molecular complexity index is 778. The smallest absolute Gasteiger partial charge is 0.262 e. The molecule has 22 heavy (non-hydrogen) atoms. The molecule has 0 unspecified atom stereocenters. The summed E-state index contributed by atoms with van der Waals surface area (Å²) in [6, 6.07) is 12.9. The van der Waals surface area contributed by atoms with Crippen molar-refractivity contribution < 1.29 is 14.3 Å². The van der Waals surface area contributed by atoms with E-state index in [1.54, 1.807) is 24.3 Å². The van der Waals surface area contributed by atoms with Crippen molar-refractivity contribution in [3.63, 3.8) is 0 Å². The van der Waals surface area contributed by atoms with Crippen LogP contribution in [-0.2, 0) is 4.79 Å². The van der Waals surface area contributed by atoms with Crippen molar-refractivity contribution in [1.29, 1.82) is 0 Å². The quantitative estimate of drug-likeness (QED) is 0.698. The van der Waals surface area contributed by atoms with Crippen LogP contribution in [-0.4, -0.2) is 18.3 Å². The van der Waals surface area contributed by atoms with E-state index >= 15 is 0 Å². The van der Waals surface area contributed by atoms with Crippen molar-refractivity contribution in [3.05, 3.63) is 65.2 Å². The SMILES string of the molecule is Cc1ccccc1C=CC(=O)c1ccc2c(c1)NC(=O)CO2. The Morgan fingerprint density at radius 3 is 2.86 bits per heavy atom. The van der Waals surface area contributed by atoms with Crippen molar-refractivity contribution in [1.82, 2.24) is 0 Å². The second-order valence-corrected chi connectivity index (χ2v) is 5.10. The van der Waals surface area contributed by atoms with E-state index < -0.39 is 0 Å². The molecule has 0 aliphatic carbocycles. The standard InChI is InChI=1S/C18H15NO3/c1-12-4-2-3-5-13(12)6-8-16(20)14-7-9-17-15(10-14)19-18(21)11-22-17/h2-10H,11H2,1H3,(H,19,21). The van der Waals surface area contributed by atoms with Gasteiger partial charge < -0.3 is 10.1 Å². The third-order valence-corrected chi connectivity index (χ3v) is 3.50. The van der Waals surface area contributed by atoms with E-state index in [-0.39, 0.29) is 18.3 Å². The zero-order valence-corrected chi connectivity index (χ0v) is 12.1. The van der Waals surface area contributed by atoms with Crippen LogP contribution in [0.15, 0.2) is 48.5 Å². The summed E-state index contributed by atoms with van der Waals surface area (Å²) >= 11 is 0. The number of rotatable bonds is 3. The molecule has 1 amide bonds. The summed E-state index contributed by atoms with van der Waals surface area (Å²) in [6.07, 6.45) is 3.34. The van der Waals surface area contributed by atoms with Crippen LogP contribution in [0.3, 0.4) is 0 Å². The number of fused-ring (bicyclic) bond motifs is 1. The van der Waals surface area contributed by atoms with Gasteiger partial charge in [-0.2, -0.15) is 0 Å². The highest BCUT2D eigenvalue weighted by atomic mass is 16.5. The van der Waals surface area contributed by atoms with Crippen LogP contribution in [0.1, 0.15) is 21.5 Å². The molecule has 0 fully saturated rings. The highest BCUT2D eigenvalue weighted by molar-refractivity contribution is 6.08. The third-order valence-electron chi connectivity index (χ3n) is 3.50. The van der Waals surface area contributed by atoms with E-state index in [1.807, 2.05) is 31.2 Å². The number of hydrogen-bond acceptors (Lipinski definition) is 3. The molecule has 0 saturated heterocycles. The van der Waals surface area contributed by atoms with Gasteiger partial charge in [-0.05, 0) is 42.3 Å². The minimum Gasteiger partial charge on any atom is -0.482 e. The van der Waals surface area contributed by atoms with Gasteiger partial charge in [0.15, 0.2) is 12.4 Å². The largest absolute Gasteiger partial charge is 0.482 e. The van der Waals surface area contributed by atoms with Gasteiger partial charge in [0.2, 0.25) is 0 Å². The summed E-state index contributed by atoms with van der Waals surface area (Å²) in [4.78, 5) is 23.6. The Morgan fingerprint density at radius 1 is 1.23 bits per heavy atom. The van der Waals surface area contributed by atoms with E-state index in [9.17, 15) is 9.59 Å². The average Bonchev–Trinajstić information content (AvgIpc) is 2.53. The van der Waals surface area contributed by atoms with Gasteiger partial charge in [0.1, 0.15) is 5.75 Å². The number of carbonyl (C=O) groups is 2. The number of allylic oxidation sites excluding steroid dienone is 1. The second kappa shape index (κ2) is 5.85. The highest BCUT2D eigenvalue weighted by Crippen LogP contribution is 2.28. The van der Waals surface area contributed by atoms with E-state index in [4.69, 9.17) is 4.74 Å². The van der Waals surface area contributed by atoms with Crippen LogP contribution < -0.4 is 10.1 Å². The van der Waals surface area contributed by atoms with Gasteiger partial charge in [0, 0.05) is 5.56 Å². The third kappa shape index (κ3) is 2.91. The van der Waals surface area contributed by atoms with E-state index in [1.165, 1.54) is 6.08 Å². The number of ether oxygens (including phenoxy) is 1. The van der Waals surface area contributed by atoms with Crippen LogP contribution >= 0.6 is 0 Å². The Balaban J connectivity index is 1.82. The molecule has 1 aliphatic rings. The molecule has 0 spiro atoms. The average molecular weight is 293 g/mol. The monoisotopic (exact) mass is 293 g/mol. The van der Waals surface area contributed by atoms with Crippen molar-refractivity contribution in [3.8, 4) is 5.75 Å². The summed E-state index contributed by atoms with van der Waals surface area (Å²) in [5.41, 5.74) is 3.16. The number of benzene rings is 2. The van der Waals surface area contributed by atoms with Gasteiger partial charge in [-0.25, -0.2) is 0 Å². The Morgan fingerprint density at radius 2 is 2.05 bits per heavy atom. The number of anilines is 1. The first-order valence-corrected chi connectivity index (χ1v) is 6.98. The maximum atomic E-state index is 12.3. The molecular formula is C18H15NO3. The van der Waals surface area contributed by atoms with Gasteiger partial charge in [0.25, 0.3) is 5.91 Å². The van der Waals surface area contributed by atoms with Crippen molar-refractivity contribution in [2.45, 2.75) is 6.92 Å². The normalized spacial score (nSPS) is 13.4.